The van der Waals surface area contributed by atoms with E-state index in [1.54, 1.807) is 18.0 Å². The van der Waals surface area contributed by atoms with Crippen molar-refractivity contribution in [2.45, 2.75) is 24.4 Å². The van der Waals surface area contributed by atoms with Crippen molar-refractivity contribution >= 4 is 23.4 Å². The van der Waals surface area contributed by atoms with E-state index in [0.717, 1.165) is 23.7 Å². The van der Waals surface area contributed by atoms with Crippen LogP contribution in [0.25, 0.3) is 0 Å². The molecule has 1 aromatic carbocycles. The molecule has 0 bridgehead atoms. The van der Waals surface area contributed by atoms with Gasteiger partial charge in [0.15, 0.2) is 0 Å². The Morgan fingerprint density at radius 2 is 1.95 bits per heavy atom. The van der Waals surface area contributed by atoms with E-state index in [1.165, 1.54) is 5.56 Å². The molecule has 5 heteroatoms. The minimum atomic E-state index is 0. The number of aromatic nitrogens is 1. The van der Waals surface area contributed by atoms with E-state index in [0.29, 0.717) is 11.1 Å². The molecule has 2 N–H and O–H groups in total. The van der Waals surface area contributed by atoms with E-state index in [1.807, 2.05) is 12.1 Å². The van der Waals surface area contributed by atoms with Gasteiger partial charge in [-0.15, -0.1) is 11.8 Å². The summed E-state index contributed by atoms with van der Waals surface area (Å²) in [4.78, 5) is 4.28. The summed E-state index contributed by atoms with van der Waals surface area (Å²) in [7, 11) is 0. The molecule has 114 valence electrons. The minimum absolute atomic E-state index is 0. The number of halogens is 2. The zero-order chi connectivity index (χ0) is 14.2. The number of hydrogen-bond acceptors (Lipinski definition) is 2. The number of pyridine rings is 1. The van der Waals surface area contributed by atoms with Gasteiger partial charge >= 0.3 is 0 Å². The molecule has 0 amide bonds. The lowest BCUT2D eigenvalue weighted by Crippen LogP contribution is -3.00. The zero-order valence-corrected chi connectivity index (χ0v) is 14.3. The Balaban J connectivity index is 0.00000220. The lowest BCUT2D eigenvalue weighted by atomic mass is 10.1. The van der Waals surface area contributed by atoms with Gasteiger partial charge < -0.3 is 17.7 Å². The third-order valence-electron chi connectivity index (χ3n) is 3.04. The first-order chi connectivity index (χ1) is 9.74. The minimum Gasteiger partial charge on any atom is -1.00 e. The third-order valence-corrected chi connectivity index (χ3v) is 4.24. The van der Waals surface area contributed by atoms with Gasteiger partial charge in [0.05, 0.1) is 22.6 Å². The lowest BCUT2D eigenvalue weighted by molar-refractivity contribution is -0.682. The van der Waals surface area contributed by atoms with Crippen LogP contribution in [0.1, 0.15) is 12.5 Å². The SMILES string of the molecule is CC(Cc1ccccc1)[NH2+]CCSc1ccc(Cl)cn1.[Cl-]. The molecule has 1 heterocycles. The smallest absolute Gasteiger partial charge is 0.0963 e. The van der Waals surface area contributed by atoms with Gasteiger partial charge in [0, 0.05) is 18.4 Å². The second-order valence-corrected chi connectivity index (χ2v) is 6.41. The Kier molecular flexibility index (Phi) is 8.77. The molecule has 0 aliphatic rings. The summed E-state index contributed by atoms with van der Waals surface area (Å²) in [5, 5.41) is 4.13. The van der Waals surface area contributed by atoms with Gasteiger partial charge in [-0.2, -0.15) is 0 Å². The molecule has 0 radical (unpaired) electrons. The van der Waals surface area contributed by atoms with Crippen LogP contribution in [0.5, 0.6) is 0 Å². The Bertz CT molecular complexity index is 505. The highest BCUT2D eigenvalue weighted by Gasteiger charge is 2.06. The van der Waals surface area contributed by atoms with E-state index in [-0.39, 0.29) is 12.4 Å². The molecule has 0 fully saturated rings. The molecule has 1 atom stereocenters. The van der Waals surface area contributed by atoms with E-state index >= 15 is 0 Å². The maximum atomic E-state index is 5.81. The van der Waals surface area contributed by atoms with Gasteiger partial charge in [-0.3, -0.25) is 0 Å². The molecule has 0 saturated heterocycles. The average molecular weight is 343 g/mol. The summed E-state index contributed by atoms with van der Waals surface area (Å²) in [6.45, 7) is 3.38. The molecule has 2 nitrogen and oxygen atoms in total. The third kappa shape index (κ3) is 7.18. The Morgan fingerprint density at radius 1 is 1.19 bits per heavy atom. The fraction of sp³-hybridized carbons (Fsp3) is 0.312. The number of rotatable bonds is 7. The van der Waals surface area contributed by atoms with Crippen molar-refractivity contribution in [2.75, 3.05) is 12.3 Å². The van der Waals surface area contributed by atoms with Crippen LogP contribution in [0.3, 0.4) is 0 Å². The molecular formula is C16H20Cl2N2S. The molecule has 1 unspecified atom stereocenters. The summed E-state index contributed by atoms with van der Waals surface area (Å²) in [5.74, 6) is 1.06. The van der Waals surface area contributed by atoms with Crippen molar-refractivity contribution in [2.24, 2.45) is 0 Å². The second kappa shape index (κ2) is 10.1. The monoisotopic (exact) mass is 342 g/mol. The van der Waals surface area contributed by atoms with Gasteiger partial charge in [0.2, 0.25) is 0 Å². The highest BCUT2D eigenvalue weighted by Crippen LogP contribution is 2.15. The number of nitrogens with two attached hydrogens (primary N) is 1. The van der Waals surface area contributed by atoms with Crippen molar-refractivity contribution in [3.8, 4) is 0 Å². The van der Waals surface area contributed by atoms with E-state index in [9.17, 15) is 0 Å². The summed E-state index contributed by atoms with van der Waals surface area (Å²) < 4.78 is 0. The summed E-state index contributed by atoms with van der Waals surface area (Å²) in [5.41, 5.74) is 1.41. The van der Waals surface area contributed by atoms with Crippen LogP contribution in [-0.4, -0.2) is 23.3 Å². The maximum absolute atomic E-state index is 5.81. The standard InChI is InChI=1S/C16H19ClN2S.ClH/c1-13(11-14-5-3-2-4-6-14)18-9-10-20-16-8-7-15(17)12-19-16;/h2-8,12-13,18H,9-11H2,1H3;1H. The molecule has 21 heavy (non-hydrogen) atoms. The summed E-state index contributed by atoms with van der Waals surface area (Å²) in [6.07, 6.45) is 2.82. The van der Waals surface area contributed by atoms with Crippen LogP contribution in [0.2, 0.25) is 5.02 Å². The Labute approximate surface area is 142 Å². The highest BCUT2D eigenvalue weighted by molar-refractivity contribution is 7.99. The summed E-state index contributed by atoms with van der Waals surface area (Å²) >= 11 is 7.59. The molecule has 0 spiro atoms. The molecule has 0 saturated carbocycles. The number of benzene rings is 1. The average Bonchev–Trinajstić information content (AvgIpc) is 2.46. The van der Waals surface area contributed by atoms with E-state index < -0.39 is 0 Å². The predicted molar refractivity (Wildman–Crippen MR) is 86.4 cm³/mol. The van der Waals surface area contributed by atoms with Crippen LogP contribution in [0, 0.1) is 0 Å². The van der Waals surface area contributed by atoms with Crippen LogP contribution in [-0.2, 0) is 6.42 Å². The normalized spacial score (nSPS) is 11.7. The zero-order valence-electron chi connectivity index (χ0n) is 12.0. The van der Waals surface area contributed by atoms with Gasteiger partial charge in [0.1, 0.15) is 0 Å². The molecule has 0 aliphatic heterocycles. The molecule has 1 aromatic heterocycles. The highest BCUT2D eigenvalue weighted by atomic mass is 35.5. The first-order valence-electron chi connectivity index (χ1n) is 6.85. The summed E-state index contributed by atoms with van der Waals surface area (Å²) in [6, 6.07) is 15.1. The van der Waals surface area contributed by atoms with Gasteiger partial charge in [0.25, 0.3) is 0 Å². The molecule has 0 aliphatic carbocycles. The number of nitrogens with zero attached hydrogens (tertiary/aromatic N) is 1. The quantitative estimate of drug-likeness (QED) is 0.568. The second-order valence-electron chi connectivity index (χ2n) is 4.85. The predicted octanol–water partition coefficient (Wildman–Crippen LogP) is 0.0257. The maximum Gasteiger partial charge on any atom is 0.0963 e. The Hall–Kier alpha value is -0.740. The number of quaternary nitrogens is 1. The van der Waals surface area contributed by atoms with Crippen LogP contribution >= 0.6 is 23.4 Å². The fourth-order valence-corrected chi connectivity index (χ4v) is 2.90. The number of thioether (sulfide) groups is 1. The van der Waals surface area contributed by atoms with Crippen molar-refractivity contribution in [1.29, 1.82) is 0 Å². The van der Waals surface area contributed by atoms with Crippen LogP contribution in [0.15, 0.2) is 53.7 Å². The molecule has 2 aromatic rings. The number of hydrogen-bond donors (Lipinski definition) is 1. The molecular weight excluding hydrogens is 323 g/mol. The topological polar surface area (TPSA) is 29.5 Å². The van der Waals surface area contributed by atoms with Gasteiger partial charge in [-0.1, -0.05) is 41.9 Å². The van der Waals surface area contributed by atoms with E-state index in [2.05, 4.69) is 47.6 Å². The van der Waals surface area contributed by atoms with Gasteiger partial charge in [-0.05, 0) is 24.6 Å². The van der Waals surface area contributed by atoms with Crippen molar-refractivity contribution in [1.82, 2.24) is 4.98 Å². The van der Waals surface area contributed by atoms with E-state index in [4.69, 9.17) is 11.6 Å². The fourth-order valence-electron chi connectivity index (χ4n) is 2.03. The molecule has 2 rings (SSSR count). The van der Waals surface area contributed by atoms with Crippen molar-refractivity contribution < 1.29 is 17.7 Å². The first-order valence-corrected chi connectivity index (χ1v) is 8.22. The van der Waals surface area contributed by atoms with Crippen LogP contribution in [0.4, 0.5) is 0 Å². The lowest BCUT2D eigenvalue weighted by Gasteiger charge is -2.10. The van der Waals surface area contributed by atoms with Crippen molar-refractivity contribution in [3.63, 3.8) is 0 Å². The van der Waals surface area contributed by atoms with Crippen molar-refractivity contribution in [3.05, 3.63) is 59.2 Å². The van der Waals surface area contributed by atoms with Gasteiger partial charge in [-0.25, -0.2) is 4.98 Å². The van der Waals surface area contributed by atoms with Crippen LogP contribution < -0.4 is 17.7 Å². The largest absolute Gasteiger partial charge is 1.00 e. The Morgan fingerprint density at radius 3 is 2.62 bits per heavy atom. The first kappa shape index (κ1) is 18.3.